The Morgan fingerprint density at radius 3 is 2.47 bits per heavy atom. The molecule has 0 atom stereocenters. The number of rotatable bonds is 4. The topological polar surface area (TPSA) is 9.23 Å². The zero-order chi connectivity index (χ0) is 13.8. The average Bonchev–Trinajstić information content (AvgIpc) is 2.44. The molecular formula is C16H14F2O. The van der Waals surface area contributed by atoms with Crippen LogP contribution in [0.4, 0.5) is 8.78 Å². The van der Waals surface area contributed by atoms with E-state index >= 15 is 0 Å². The zero-order valence-corrected chi connectivity index (χ0v) is 10.6. The molecular weight excluding hydrogens is 246 g/mol. The average molecular weight is 260 g/mol. The molecule has 0 saturated heterocycles. The molecule has 2 aromatic rings. The lowest BCUT2D eigenvalue weighted by atomic mass is 9.99. The predicted molar refractivity (Wildman–Crippen MR) is 73.1 cm³/mol. The van der Waals surface area contributed by atoms with Gasteiger partial charge in [0.2, 0.25) is 5.82 Å². The van der Waals surface area contributed by atoms with Crippen LogP contribution in [-0.2, 0) is 0 Å². The van der Waals surface area contributed by atoms with E-state index < -0.39 is 11.6 Å². The fraction of sp³-hybridized carbons (Fsp3) is 0.125. The van der Waals surface area contributed by atoms with E-state index in [4.69, 9.17) is 4.74 Å². The van der Waals surface area contributed by atoms with Gasteiger partial charge in [-0.2, -0.15) is 4.39 Å². The molecule has 0 N–H and O–H groups in total. The summed E-state index contributed by atoms with van der Waals surface area (Å²) in [6.45, 7) is 5.69. The first-order valence-corrected chi connectivity index (χ1v) is 6.01. The highest BCUT2D eigenvalue weighted by Gasteiger charge is 2.16. The van der Waals surface area contributed by atoms with E-state index in [1.165, 1.54) is 12.1 Å². The van der Waals surface area contributed by atoms with E-state index in [-0.39, 0.29) is 11.3 Å². The fourth-order valence-corrected chi connectivity index (χ4v) is 1.93. The maximum atomic E-state index is 14.1. The molecule has 0 aromatic heterocycles. The third-order valence-corrected chi connectivity index (χ3v) is 2.82. The molecule has 1 nitrogen and oxygen atoms in total. The molecule has 98 valence electrons. The number of benzene rings is 2. The molecule has 0 aliphatic heterocycles. The lowest BCUT2D eigenvalue weighted by Gasteiger charge is -2.11. The molecule has 0 heterocycles. The SMILES string of the molecule is C=Cc1ccccc1-c1ccc(OCC)c(F)c1F. The molecule has 3 heteroatoms. The van der Waals surface area contributed by atoms with E-state index in [0.717, 1.165) is 5.56 Å². The van der Waals surface area contributed by atoms with Gasteiger partial charge in [-0.15, -0.1) is 0 Å². The first kappa shape index (κ1) is 13.3. The maximum absolute atomic E-state index is 14.1. The molecule has 0 bridgehead atoms. The molecule has 0 unspecified atom stereocenters. The van der Waals surface area contributed by atoms with Crippen LogP contribution >= 0.6 is 0 Å². The van der Waals surface area contributed by atoms with Crippen LogP contribution < -0.4 is 4.74 Å². The van der Waals surface area contributed by atoms with Crippen LogP contribution in [0.2, 0.25) is 0 Å². The summed E-state index contributed by atoms with van der Waals surface area (Å²) in [4.78, 5) is 0. The summed E-state index contributed by atoms with van der Waals surface area (Å²) < 4.78 is 33.0. The van der Waals surface area contributed by atoms with E-state index in [9.17, 15) is 8.78 Å². The maximum Gasteiger partial charge on any atom is 0.201 e. The molecule has 0 aliphatic carbocycles. The third kappa shape index (κ3) is 2.50. The van der Waals surface area contributed by atoms with Crippen LogP contribution in [0.15, 0.2) is 43.0 Å². The lowest BCUT2D eigenvalue weighted by Crippen LogP contribution is -1.99. The predicted octanol–water partition coefficient (Wildman–Crippen LogP) is 4.67. The van der Waals surface area contributed by atoms with Crippen molar-refractivity contribution in [2.75, 3.05) is 6.61 Å². The Balaban J connectivity index is 2.57. The second-order valence-corrected chi connectivity index (χ2v) is 3.96. The Labute approximate surface area is 111 Å². The van der Waals surface area contributed by atoms with Gasteiger partial charge in [0.05, 0.1) is 6.61 Å². The largest absolute Gasteiger partial charge is 0.491 e. The molecule has 0 radical (unpaired) electrons. The Morgan fingerprint density at radius 1 is 1.05 bits per heavy atom. The van der Waals surface area contributed by atoms with Gasteiger partial charge in [0.1, 0.15) is 0 Å². The number of hydrogen-bond donors (Lipinski definition) is 0. The van der Waals surface area contributed by atoms with Crippen LogP contribution in [-0.4, -0.2) is 6.61 Å². The van der Waals surface area contributed by atoms with Crippen molar-refractivity contribution in [2.24, 2.45) is 0 Å². The second-order valence-electron chi connectivity index (χ2n) is 3.96. The molecule has 2 rings (SSSR count). The Hall–Kier alpha value is -2.16. The van der Waals surface area contributed by atoms with Crippen LogP contribution in [0.1, 0.15) is 12.5 Å². The number of ether oxygens (including phenoxy) is 1. The minimum Gasteiger partial charge on any atom is -0.491 e. The summed E-state index contributed by atoms with van der Waals surface area (Å²) in [6.07, 6.45) is 1.61. The minimum absolute atomic E-state index is 0.0696. The van der Waals surface area contributed by atoms with Gasteiger partial charge in [0, 0.05) is 5.56 Å². The van der Waals surface area contributed by atoms with Gasteiger partial charge in [-0.25, -0.2) is 4.39 Å². The Kier molecular flexibility index (Phi) is 3.95. The van der Waals surface area contributed by atoms with Crippen molar-refractivity contribution >= 4 is 6.08 Å². The van der Waals surface area contributed by atoms with E-state index in [2.05, 4.69) is 6.58 Å². The van der Waals surface area contributed by atoms with E-state index in [1.807, 2.05) is 6.07 Å². The van der Waals surface area contributed by atoms with Gasteiger partial charge < -0.3 is 4.74 Å². The summed E-state index contributed by atoms with van der Waals surface area (Å²) in [5, 5.41) is 0. The van der Waals surface area contributed by atoms with Gasteiger partial charge in [0.25, 0.3) is 0 Å². The Morgan fingerprint density at radius 2 is 1.79 bits per heavy atom. The first-order chi connectivity index (χ1) is 9.19. The summed E-state index contributed by atoms with van der Waals surface area (Å²) >= 11 is 0. The minimum atomic E-state index is -0.960. The Bertz CT molecular complexity index is 606. The van der Waals surface area contributed by atoms with Crippen molar-refractivity contribution < 1.29 is 13.5 Å². The van der Waals surface area contributed by atoms with Gasteiger partial charge in [-0.05, 0) is 30.2 Å². The molecule has 19 heavy (non-hydrogen) atoms. The van der Waals surface area contributed by atoms with Crippen LogP contribution in [0.25, 0.3) is 17.2 Å². The summed E-state index contributed by atoms with van der Waals surface area (Å²) in [5.41, 5.74) is 1.57. The molecule has 0 saturated carbocycles. The highest BCUT2D eigenvalue weighted by atomic mass is 19.2. The lowest BCUT2D eigenvalue weighted by molar-refractivity contribution is 0.314. The molecule has 0 fully saturated rings. The van der Waals surface area contributed by atoms with E-state index in [0.29, 0.717) is 12.2 Å². The van der Waals surface area contributed by atoms with Gasteiger partial charge in [-0.1, -0.05) is 36.9 Å². The summed E-state index contributed by atoms with van der Waals surface area (Å²) in [5.74, 6) is -1.93. The highest BCUT2D eigenvalue weighted by molar-refractivity contribution is 5.75. The van der Waals surface area contributed by atoms with Crippen molar-refractivity contribution in [2.45, 2.75) is 6.92 Å². The van der Waals surface area contributed by atoms with Crippen LogP contribution in [0.5, 0.6) is 5.75 Å². The molecule has 2 aromatic carbocycles. The van der Waals surface area contributed by atoms with Crippen LogP contribution in [0.3, 0.4) is 0 Å². The molecule has 0 aliphatic rings. The van der Waals surface area contributed by atoms with E-state index in [1.54, 1.807) is 31.2 Å². The normalized spacial score (nSPS) is 10.3. The van der Waals surface area contributed by atoms with Gasteiger partial charge >= 0.3 is 0 Å². The fourth-order valence-electron chi connectivity index (χ4n) is 1.93. The molecule has 0 amide bonds. The molecule has 0 spiro atoms. The van der Waals surface area contributed by atoms with Gasteiger partial charge in [0.15, 0.2) is 11.6 Å². The van der Waals surface area contributed by atoms with Crippen molar-refractivity contribution in [1.29, 1.82) is 0 Å². The highest BCUT2D eigenvalue weighted by Crippen LogP contribution is 2.32. The zero-order valence-electron chi connectivity index (χ0n) is 10.6. The van der Waals surface area contributed by atoms with Crippen LogP contribution in [0, 0.1) is 11.6 Å². The van der Waals surface area contributed by atoms with Gasteiger partial charge in [-0.3, -0.25) is 0 Å². The second kappa shape index (κ2) is 5.65. The quantitative estimate of drug-likeness (QED) is 0.776. The number of hydrogen-bond acceptors (Lipinski definition) is 1. The standard InChI is InChI=1S/C16H14F2O/c1-3-11-7-5-6-8-12(11)13-9-10-14(19-4-2)16(18)15(13)17/h3,5-10H,1,4H2,2H3. The number of halogens is 2. The first-order valence-electron chi connectivity index (χ1n) is 6.01. The smallest absolute Gasteiger partial charge is 0.201 e. The van der Waals surface area contributed by atoms with Crippen molar-refractivity contribution in [1.82, 2.24) is 0 Å². The summed E-state index contributed by atoms with van der Waals surface area (Å²) in [6, 6.07) is 10.1. The third-order valence-electron chi connectivity index (χ3n) is 2.82. The van der Waals surface area contributed by atoms with Crippen molar-refractivity contribution in [3.63, 3.8) is 0 Å². The van der Waals surface area contributed by atoms with Crippen molar-refractivity contribution in [3.8, 4) is 16.9 Å². The summed E-state index contributed by atoms with van der Waals surface area (Å²) in [7, 11) is 0. The van der Waals surface area contributed by atoms with Crippen molar-refractivity contribution in [3.05, 3.63) is 60.2 Å². The monoisotopic (exact) mass is 260 g/mol.